The molecule has 136 valence electrons. The van der Waals surface area contributed by atoms with Gasteiger partial charge in [0.05, 0.1) is 5.41 Å². The summed E-state index contributed by atoms with van der Waals surface area (Å²) in [6, 6.07) is 7.85. The predicted octanol–water partition coefficient (Wildman–Crippen LogP) is 2.67. The second-order valence-corrected chi connectivity index (χ2v) is 7.73. The third-order valence-electron chi connectivity index (χ3n) is 6.22. The molecule has 2 aliphatic heterocycles. The molecule has 0 N–H and O–H groups in total. The van der Waals surface area contributed by atoms with Gasteiger partial charge in [0.1, 0.15) is 0 Å². The van der Waals surface area contributed by atoms with Crippen LogP contribution in [0.5, 0.6) is 0 Å². The fraction of sp³-hybridized carbons (Fsp3) is 0.429. The number of hydrogen-bond acceptors (Lipinski definition) is 2. The molecule has 0 bridgehead atoms. The van der Waals surface area contributed by atoms with E-state index in [1.165, 1.54) is 0 Å². The van der Waals surface area contributed by atoms with E-state index in [4.69, 9.17) is 0 Å². The van der Waals surface area contributed by atoms with Crippen LogP contribution in [-0.2, 0) is 11.8 Å². The molecule has 1 aromatic heterocycles. The number of likely N-dealkylation sites (tertiary alicyclic amines) is 2. The number of hydrogen-bond donors (Lipinski definition) is 0. The van der Waals surface area contributed by atoms with Crippen molar-refractivity contribution in [1.29, 1.82) is 0 Å². The maximum atomic E-state index is 13.1. The van der Waals surface area contributed by atoms with Crippen molar-refractivity contribution in [3.63, 3.8) is 0 Å². The Morgan fingerprint density at radius 2 is 2.19 bits per heavy atom. The molecule has 1 spiro atoms. The highest BCUT2D eigenvalue weighted by Crippen LogP contribution is 2.45. The predicted molar refractivity (Wildman–Crippen MR) is 102 cm³/mol. The normalized spacial score (nSPS) is 25.6. The van der Waals surface area contributed by atoms with Crippen molar-refractivity contribution in [3.05, 3.63) is 48.7 Å². The Balaban J connectivity index is 1.58. The summed E-state index contributed by atoms with van der Waals surface area (Å²) < 4.78 is 2.04. The third-order valence-corrected chi connectivity index (χ3v) is 6.22. The first-order chi connectivity index (χ1) is 12.5. The van der Waals surface area contributed by atoms with Gasteiger partial charge in [0.2, 0.25) is 5.91 Å². The van der Waals surface area contributed by atoms with Gasteiger partial charge < -0.3 is 14.4 Å². The highest BCUT2D eigenvalue weighted by atomic mass is 16.2. The zero-order chi connectivity index (χ0) is 18.5. The molecule has 3 heterocycles. The van der Waals surface area contributed by atoms with E-state index < -0.39 is 5.41 Å². The van der Waals surface area contributed by atoms with E-state index in [0.29, 0.717) is 25.2 Å². The quantitative estimate of drug-likeness (QED) is 0.798. The van der Waals surface area contributed by atoms with E-state index in [1.807, 2.05) is 51.9 Å². The Labute approximate surface area is 153 Å². The topological polar surface area (TPSA) is 45.5 Å². The molecular weight excluding hydrogens is 326 g/mol. The summed E-state index contributed by atoms with van der Waals surface area (Å²) in [5.74, 6) is 0.377. The number of rotatable bonds is 3. The molecule has 0 unspecified atom stereocenters. The van der Waals surface area contributed by atoms with Crippen molar-refractivity contribution in [2.45, 2.75) is 13.3 Å². The molecule has 2 aliphatic rings. The van der Waals surface area contributed by atoms with Gasteiger partial charge in [0, 0.05) is 55.9 Å². The van der Waals surface area contributed by atoms with E-state index >= 15 is 0 Å². The van der Waals surface area contributed by atoms with Gasteiger partial charge >= 0.3 is 0 Å². The molecule has 0 aliphatic carbocycles. The van der Waals surface area contributed by atoms with Gasteiger partial charge in [-0.15, -0.1) is 6.58 Å². The molecule has 0 radical (unpaired) electrons. The van der Waals surface area contributed by atoms with Gasteiger partial charge in [-0.05, 0) is 36.6 Å². The van der Waals surface area contributed by atoms with Crippen LogP contribution < -0.4 is 0 Å². The second-order valence-electron chi connectivity index (χ2n) is 7.73. The van der Waals surface area contributed by atoms with Gasteiger partial charge in [-0.2, -0.15) is 0 Å². The molecule has 2 fully saturated rings. The van der Waals surface area contributed by atoms with Crippen molar-refractivity contribution in [2.24, 2.45) is 18.4 Å². The van der Waals surface area contributed by atoms with Gasteiger partial charge in [0.25, 0.3) is 5.91 Å². The summed E-state index contributed by atoms with van der Waals surface area (Å²) in [6.45, 7) is 8.35. The molecule has 26 heavy (non-hydrogen) atoms. The fourth-order valence-electron chi connectivity index (χ4n) is 4.61. The smallest absolute Gasteiger partial charge is 0.253 e. The van der Waals surface area contributed by atoms with Crippen molar-refractivity contribution < 1.29 is 9.59 Å². The first-order valence-electron chi connectivity index (χ1n) is 9.21. The Bertz CT molecular complexity index is 900. The number of carbonyl (C=O) groups is 2. The Morgan fingerprint density at radius 1 is 1.38 bits per heavy atom. The lowest BCUT2D eigenvalue weighted by molar-refractivity contribution is -0.136. The minimum atomic E-state index is -0.421. The molecule has 1 aromatic carbocycles. The van der Waals surface area contributed by atoms with Crippen LogP contribution in [0.1, 0.15) is 23.7 Å². The minimum absolute atomic E-state index is 0.0226. The van der Waals surface area contributed by atoms with Crippen molar-refractivity contribution >= 4 is 22.7 Å². The molecule has 2 aromatic rings. The summed E-state index contributed by atoms with van der Waals surface area (Å²) in [6.07, 6.45) is 4.59. The maximum absolute atomic E-state index is 13.1. The van der Waals surface area contributed by atoms with E-state index in [9.17, 15) is 9.59 Å². The standard InChI is InChI=1S/C21H25N3O2/c1-4-9-23-11-8-21(20(23)26)14-24(13-15(21)2)19(25)17-5-6-18-16(12-17)7-10-22(18)3/h4-7,10,12,15H,1,8-9,11,13-14H2,2-3H3/t15-,21-/m1/s1. The highest BCUT2D eigenvalue weighted by molar-refractivity contribution is 5.99. The van der Waals surface area contributed by atoms with E-state index in [0.717, 1.165) is 23.9 Å². The van der Waals surface area contributed by atoms with Crippen LogP contribution in [0.2, 0.25) is 0 Å². The number of aryl methyl sites for hydroxylation is 1. The van der Waals surface area contributed by atoms with Crippen LogP contribution in [0.15, 0.2) is 43.1 Å². The Hall–Kier alpha value is -2.56. The molecule has 0 saturated carbocycles. The third kappa shape index (κ3) is 2.37. The number of fused-ring (bicyclic) bond motifs is 1. The average Bonchev–Trinajstić information content (AvgIpc) is 3.27. The first kappa shape index (κ1) is 16.9. The lowest BCUT2D eigenvalue weighted by Crippen LogP contribution is -2.40. The number of benzene rings is 1. The summed E-state index contributed by atoms with van der Waals surface area (Å²) >= 11 is 0. The van der Waals surface area contributed by atoms with Crippen molar-refractivity contribution in [3.8, 4) is 0 Å². The average molecular weight is 351 g/mol. The number of aromatic nitrogens is 1. The maximum Gasteiger partial charge on any atom is 0.253 e. The van der Waals surface area contributed by atoms with Crippen LogP contribution in [0.3, 0.4) is 0 Å². The molecular formula is C21H25N3O2. The minimum Gasteiger partial charge on any atom is -0.351 e. The monoisotopic (exact) mass is 351 g/mol. The SMILES string of the molecule is C=CCN1CC[C@]2(CN(C(=O)c3ccc4c(ccn4C)c3)C[C@H]2C)C1=O. The molecule has 4 rings (SSSR count). The van der Waals surface area contributed by atoms with Gasteiger partial charge in [-0.3, -0.25) is 9.59 Å². The molecule has 2 saturated heterocycles. The van der Waals surface area contributed by atoms with Crippen LogP contribution >= 0.6 is 0 Å². The second kappa shape index (κ2) is 6.01. The zero-order valence-electron chi connectivity index (χ0n) is 15.4. The van der Waals surface area contributed by atoms with Crippen molar-refractivity contribution in [2.75, 3.05) is 26.2 Å². The zero-order valence-corrected chi connectivity index (χ0v) is 15.4. The lowest BCUT2D eigenvalue weighted by atomic mass is 9.78. The largest absolute Gasteiger partial charge is 0.351 e. The van der Waals surface area contributed by atoms with Gasteiger partial charge in [-0.25, -0.2) is 0 Å². The fourth-order valence-corrected chi connectivity index (χ4v) is 4.61. The van der Waals surface area contributed by atoms with E-state index in [1.54, 1.807) is 6.08 Å². The number of carbonyl (C=O) groups excluding carboxylic acids is 2. The molecule has 2 atom stereocenters. The van der Waals surface area contributed by atoms with Crippen LogP contribution in [0, 0.1) is 11.3 Å². The highest BCUT2D eigenvalue weighted by Gasteiger charge is 2.55. The number of amides is 2. The van der Waals surface area contributed by atoms with Crippen LogP contribution in [0.25, 0.3) is 10.9 Å². The summed E-state index contributed by atoms with van der Waals surface area (Å²) in [7, 11) is 2.00. The van der Waals surface area contributed by atoms with Crippen LogP contribution in [-0.4, -0.2) is 52.4 Å². The molecule has 2 amide bonds. The first-order valence-corrected chi connectivity index (χ1v) is 9.21. The van der Waals surface area contributed by atoms with Crippen LogP contribution in [0.4, 0.5) is 0 Å². The Morgan fingerprint density at radius 3 is 2.96 bits per heavy atom. The lowest BCUT2D eigenvalue weighted by Gasteiger charge is -2.26. The van der Waals surface area contributed by atoms with Crippen molar-refractivity contribution in [1.82, 2.24) is 14.4 Å². The summed E-state index contributed by atoms with van der Waals surface area (Å²) in [5, 5.41) is 1.06. The van der Waals surface area contributed by atoms with E-state index in [2.05, 4.69) is 13.5 Å². The van der Waals surface area contributed by atoms with Gasteiger partial charge in [0.15, 0.2) is 0 Å². The van der Waals surface area contributed by atoms with E-state index in [-0.39, 0.29) is 17.7 Å². The number of nitrogens with zero attached hydrogens (tertiary/aromatic N) is 3. The molecule has 5 nitrogen and oxygen atoms in total. The molecule has 5 heteroatoms. The van der Waals surface area contributed by atoms with Gasteiger partial charge in [-0.1, -0.05) is 13.0 Å². The summed E-state index contributed by atoms with van der Waals surface area (Å²) in [5.41, 5.74) is 1.38. The Kier molecular flexibility index (Phi) is 3.90. The summed E-state index contributed by atoms with van der Waals surface area (Å²) in [4.78, 5) is 29.8.